The molecule has 0 amide bonds. The minimum Gasteiger partial charge on any atom is -0.380 e. The topological polar surface area (TPSA) is 69.4 Å². The summed E-state index contributed by atoms with van der Waals surface area (Å²) >= 11 is 0. The normalized spacial score (nSPS) is 28.8. The van der Waals surface area contributed by atoms with Gasteiger partial charge in [-0.2, -0.15) is 0 Å². The van der Waals surface area contributed by atoms with Crippen LogP contribution >= 0.6 is 0 Å². The van der Waals surface area contributed by atoms with Crippen LogP contribution in [-0.2, 0) is 14.8 Å². The summed E-state index contributed by atoms with van der Waals surface area (Å²) in [5.74, 6) is 0. The van der Waals surface area contributed by atoms with Gasteiger partial charge in [-0.3, -0.25) is 0 Å². The molecule has 0 aromatic carbocycles. The zero-order valence-electron chi connectivity index (χ0n) is 4.91. The maximum atomic E-state index is 10.5. The number of rotatable bonds is 1. The lowest BCUT2D eigenvalue weighted by Crippen LogP contribution is -2.28. The van der Waals surface area contributed by atoms with Gasteiger partial charge in [0.1, 0.15) is 5.25 Å². The Bertz CT molecular complexity index is 180. The first kappa shape index (κ1) is 6.98. The van der Waals surface area contributed by atoms with Gasteiger partial charge >= 0.3 is 0 Å². The molecule has 4 nitrogen and oxygen atoms in total. The molecule has 1 fully saturated rings. The van der Waals surface area contributed by atoms with Crippen LogP contribution in [0.5, 0.6) is 0 Å². The number of primary sulfonamides is 1. The molecule has 0 unspecified atom stereocenters. The second-order valence-electron chi connectivity index (χ2n) is 2.07. The Morgan fingerprint density at radius 2 is 2.22 bits per heavy atom. The molecule has 1 saturated heterocycles. The summed E-state index contributed by atoms with van der Waals surface area (Å²) in [6.07, 6.45) is 0.541. The van der Waals surface area contributed by atoms with Crippen LogP contribution < -0.4 is 5.14 Å². The minimum absolute atomic E-state index is 0.263. The molecule has 9 heavy (non-hydrogen) atoms. The van der Waals surface area contributed by atoms with E-state index in [1.807, 2.05) is 0 Å². The largest absolute Gasteiger partial charge is 0.380 e. The summed E-state index contributed by atoms with van der Waals surface area (Å²) in [6.45, 7) is 0.778. The van der Waals surface area contributed by atoms with Gasteiger partial charge in [0.05, 0.1) is 6.61 Å². The Morgan fingerprint density at radius 1 is 1.56 bits per heavy atom. The van der Waals surface area contributed by atoms with Gasteiger partial charge in [-0.05, 0) is 6.42 Å². The summed E-state index contributed by atoms with van der Waals surface area (Å²) in [5, 5.41) is 4.37. The Hall–Kier alpha value is -0.130. The lowest BCUT2D eigenvalue weighted by Gasteiger charge is -2.00. The van der Waals surface area contributed by atoms with E-state index < -0.39 is 15.3 Å². The molecule has 0 bridgehead atoms. The van der Waals surface area contributed by atoms with E-state index in [1.165, 1.54) is 0 Å². The van der Waals surface area contributed by atoms with Crippen LogP contribution in [0.25, 0.3) is 0 Å². The van der Waals surface area contributed by atoms with Gasteiger partial charge in [0.2, 0.25) is 10.0 Å². The van der Waals surface area contributed by atoms with E-state index in [1.54, 1.807) is 0 Å². The molecule has 1 aliphatic rings. The van der Waals surface area contributed by atoms with Crippen molar-refractivity contribution < 1.29 is 13.2 Å². The van der Waals surface area contributed by atoms with Crippen LogP contribution in [0.4, 0.5) is 0 Å². The molecule has 1 atom stereocenters. The highest BCUT2D eigenvalue weighted by Gasteiger charge is 2.25. The van der Waals surface area contributed by atoms with E-state index in [0.29, 0.717) is 13.0 Å². The van der Waals surface area contributed by atoms with E-state index in [-0.39, 0.29) is 6.61 Å². The van der Waals surface area contributed by atoms with Gasteiger partial charge in [-0.1, -0.05) is 0 Å². The first-order chi connectivity index (χ1) is 4.11. The van der Waals surface area contributed by atoms with E-state index in [4.69, 9.17) is 9.88 Å². The minimum atomic E-state index is -3.33. The molecule has 54 valence electrons. The van der Waals surface area contributed by atoms with Gasteiger partial charge in [0, 0.05) is 6.61 Å². The fourth-order valence-corrected chi connectivity index (χ4v) is 1.48. The van der Waals surface area contributed by atoms with Crippen molar-refractivity contribution in [2.45, 2.75) is 11.7 Å². The maximum absolute atomic E-state index is 10.5. The monoisotopic (exact) mass is 151 g/mol. The Labute approximate surface area is 54.0 Å². The van der Waals surface area contributed by atoms with Gasteiger partial charge in [-0.15, -0.1) is 0 Å². The molecule has 0 spiro atoms. The molecule has 0 saturated carbocycles. The first-order valence-electron chi connectivity index (χ1n) is 2.70. The maximum Gasteiger partial charge on any atom is 0.214 e. The first-order valence-corrected chi connectivity index (χ1v) is 4.31. The second-order valence-corrected chi connectivity index (χ2v) is 3.92. The van der Waals surface area contributed by atoms with Crippen molar-refractivity contribution in [1.29, 1.82) is 0 Å². The molecule has 0 aromatic rings. The number of sulfonamides is 1. The summed E-state index contributed by atoms with van der Waals surface area (Å²) < 4.78 is 25.9. The summed E-state index contributed by atoms with van der Waals surface area (Å²) in [5.41, 5.74) is 0. The van der Waals surface area contributed by atoms with Crippen LogP contribution in [0, 0.1) is 0 Å². The van der Waals surface area contributed by atoms with Crippen molar-refractivity contribution in [3.63, 3.8) is 0 Å². The molecular weight excluding hydrogens is 142 g/mol. The number of nitrogens with two attached hydrogens (primary N) is 1. The van der Waals surface area contributed by atoms with Crippen LogP contribution in [-0.4, -0.2) is 26.9 Å². The average molecular weight is 151 g/mol. The molecular formula is C4H9NO3S. The van der Waals surface area contributed by atoms with Gasteiger partial charge in [0.15, 0.2) is 0 Å². The SMILES string of the molecule is NS(=O)(=O)[C@H]1CCOC1. The highest BCUT2D eigenvalue weighted by Crippen LogP contribution is 2.09. The molecule has 2 N–H and O–H groups in total. The third-order valence-electron chi connectivity index (χ3n) is 1.35. The van der Waals surface area contributed by atoms with Crippen LogP contribution in [0.15, 0.2) is 0 Å². The molecule has 1 rings (SSSR count). The Balaban J connectivity index is 2.63. The second kappa shape index (κ2) is 2.24. The van der Waals surface area contributed by atoms with Gasteiger partial charge in [0.25, 0.3) is 0 Å². The highest BCUT2D eigenvalue weighted by molar-refractivity contribution is 7.89. The number of hydrogen-bond acceptors (Lipinski definition) is 3. The predicted molar refractivity (Wildman–Crippen MR) is 32.3 cm³/mol. The fourth-order valence-electron chi connectivity index (χ4n) is 0.772. The van der Waals surface area contributed by atoms with Gasteiger partial charge < -0.3 is 4.74 Å². The van der Waals surface area contributed by atoms with Crippen LogP contribution in [0.1, 0.15) is 6.42 Å². The molecule has 1 aliphatic heterocycles. The predicted octanol–water partition coefficient (Wildman–Crippen LogP) is -0.936. The lowest BCUT2D eigenvalue weighted by atomic mass is 10.4. The molecule has 0 aromatic heterocycles. The third-order valence-corrected chi connectivity index (χ3v) is 2.65. The zero-order chi connectivity index (χ0) is 6.91. The fraction of sp³-hybridized carbons (Fsp3) is 1.00. The van der Waals surface area contributed by atoms with Crippen molar-refractivity contribution in [1.82, 2.24) is 0 Å². The van der Waals surface area contributed by atoms with Crippen molar-refractivity contribution in [3.05, 3.63) is 0 Å². The molecule has 5 heteroatoms. The zero-order valence-corrected chi connectivity index (χ0v) is 5.73. The third kappa shape index (κ3) is 1.64. The smallest absolute Gasteiger partial charge is 0.214 e. The summed E-state index contributed by atoms with van der Waals surface area (Å²) in [7, 11) is -3.33. The lowest BCUT2D eigenvalue weighted by molar-refractivity contribution is 0.198. The summed E-state index contributed by atoms with van der Waals surface area (Å²) in [6, 6.07) is 0. The van der Waals surface area contributed by atoms with E-state index in [2.05, 4.69) is 0 Å². The average Bonchev–Trinajstić information content (AvgIpc) is 2.08. The van der Waals surface area contributed by atoms with Crippen LogP contribution in [0.2, 0.25) is 0 Å². The van der Waals surface area contributed by atoms with E-state index in [9.17, 15) is 8.42 Å². The highest BCUT2D eigenvalue weighted by atomic mass is 32.2. The molecule has 0 radical (unpaired) electrons. The summed E-state index contributed by atoms with van der Waals surface area (Å²) in [4.78, 5) is 0. The van der Waals surface area contributed by atoms with Crippen molar-refractivity contribution in [2.75, 3.05) is 13.2 Å². The van der Waals surface area contributed by atoms with E-state index >= 15 is 0 Å². The molecule has 1 heterocycles. The van der Waals surface area contributed by atoms with Crippen LogP contribution in [0.3, 0.4) is 0 Å². The van der Waals surface area contributed by atoms with Gasteiger partial charge in [-0.25, -0.2) is 13.6 Å². The standard InChI is InChI=1S/C4H9NO3S/c5-9(6,7)4-1-2-8-3-4/h4H,1-3H2,(H2,5,6,7)/t4-/m0/s1. The Morgan fingerprint density at radius 3 is 2.44 bits per heavy atom. The Kier molecular flexibility index (Phi) is 1.74. The number of ether oxygens (including phenoxy) is 1. The van der Waals surface area contributed by atoms with E-state index in [0.717, 1.165) is 0 Å². The van der Waals surface area contributed by atoms with Crippen molar-refractivity contribution >= 4 is 10.0 Å². The van der Waals surface area contributed by atoms with Crippen molar-refractivity contribution in [3.8, 4) is 0 Å². The van der Waals surface area contributed by atoms with Crippen molar-refractivity contribution in [2.24, 2.45) is 5.14 Å². The number of hydrogen-bond donors (Lipinski definition) is 1. The molecule has 0 aliphatic carbocycles. The quantitative estimate of drug-likeness (QED) is 0.526.